The van der Waals surface area contributed by atoms with Gasteiger partial charge in [0.2, 0.25) is 0 Å². The molecule has 8 heteroatoms. The lowest BCUT2D eigenvalue weighted by Crippen LogP contribution is -2.23. The molecule has 2 N–H and O–H groups in total. The van der Waals surface area contributed by atoms with Crippen LogP contribution >= 0.6 is 0 Å². The van der Waals surface area contributed by atoms with Crippen molar-refractivity contribution in [3.63, 3.8) is 0 Å². The van der Waals surface area contributed by atoms with Gasteiger partial charge >= 0.3 is 0 Å². The first-order valence-electron chi connectivity index (χ1n) is 5.44. The van der Waals surface area contributed by atoms with Gasteiger partial charge in [-0.25, -0.2) is 16.8 Å². The molecule has 0 aliphatic rings. The second-order valence-corrected chi connectivity index (χ2v) is 8.31. The number of nitrogens with two attached hydrogens (primary N) is 1. The molecule has 1 rings (SSSR count). The Morgan fingerprint density at radius 1 is 1.11 bits per heavy atom. The average molecular weight is 302 g/mol. The van der Waals surface area contributed by atoms with Gasteiger partial charge in [-0.2, -0.15) is 5.26 Å². The first-order valence-corrected chi connectivity index (χ1v) is 8.91. The molecule has 104 valence electrons. The standard InChI is InChI=1S/C11H14N2O4S2/c12-4-5-18(14,15)6-7-19(16,17)11-3-1-2-10(8-11)9-13/h1-3,8H,4-7,12H2. The van der Waals surface area contributed by atoms with Crippen LogP contribution in [0.15, 0.2) is 29.2 Å². The minimum atomic E-state index is -3.72. The fourth-order valence-corrected chi connectivity index (χ4v) is 4.68. The Balaban J connectivity index is 2.91. The van der Waals surface area contributed by atoms with Gasteiger partial charge in [-0.1, -0.05) is 6.07 Å². The fourth-order valence-electron chi connectivity index (χ4n) is 1.40. The van der Waals surface area contributed by atoms with Crippen LogP contribution in [0.5, 0.6) is 0 Å². The predicted molar refractivity (Wildman–Crippen MR) is 70.9 cm³/mol. The zero-order valence-corrected chi connectivity index (χ0v) is 11.7. The monoisotopic (exact) mass is 302 g/mol. The molecule has 0 atom stereocenters. The van der Waals surface area contributed by atoms with E-state index < -0.39 is 31.2 Å². The quantitative estimate of drug-likeness (QED) is 0.771. The van der Waals surface area contributed by atoms with Crippen molar-refractivity contribution in [2.75, 3.05) is 23.8 Å². The number of hydrogen-bond acceptors (Lipinski definition) is 6. The molecule has 0 heterocycles. The fraction of sp³-hybridized carbons (Fsp3) is 0.364. The van der Waals surface area contributed by atoms with Crippen molar-refractivity contribution >= 4 is 19.7 Å². The highest BCUT2D eigenvalue weighted by atomic mass is 32.2. The van der Waals surface area contributed by atoms with Gasteiger partial charge in [0.05, 0.1) is 33.8 Å². The van der Waals surface area contributed by atoms with E-state index in [-0.39, 0.29) is 22.8 Å². The summed E-state index contributed by atoms with van der Waals surface area (Å²) in [5.41, 5.74) is 5.35. The van der Waals surface area contributed by atoms with Crippen molar-refractivity contribution in [3.8, 4) is 6.07 Å². The Morgan fingerprint density at radius 2 is 1.79 bits per heavy atom. The SMILES string of the molecule is N#Cc1cccc(S(=O)(=O)CCS(=O)(=O)CCN)c1. The number of nitriles is 1. The summed E-state index contributed by atoms with van der Waals surface area (Å²) in [5, 5.41) is 8.70. The van der Waals surface area contributed by atoms with E-state index in [4.69, 9.17) is 11.0 Å². The summed E-state index contributed by atoms with van der Waals surface area (Å²) >= 11 is 0. The van der Waals surface area contributed by atoms with Crippen LogP contribution in [0.1, 0.15) is 5.56 Å². The Hall–Kier alpha value is -1.43. The summed E-state index contributed by atoms with van der Waals surface area (Å²) in [7, 11) is -7.17. The number of sulfone groups is 2. The minimum absolute atomic E-state index is 0.0354. The maximum atomic E-state index is 11.9. The molecule has 1 aromatic rings. The summed E-state index contributed by atoms with van der Waals surface area (Å²) in [6.07, 6.45) is 0. The second-order valence-electron chi connectivity index (χ2n) is 3.90. The van der Waals surface area contributed by atoms with E-state index in [1.54, 1.807) is 0 Å². The molecule has 0 aliphatic heterocycles. The van der Waals surface area contributed by atoms with Crippen LogP contribution in [0, 0.1) is 11.3 Å². The molecule has 0 spiro atoms. The molecule has 0 amide bonds. The molecule has 6 nitrogen and oxygen atoms in total. The maximum absolute atomic E-state index is 11.9. The van der Waals surface area contributed by atoms with Gasteiger partial charge in [-0.15, -0.1) is 0 Å². The van der Waals surface area contributed by atoms with Gasteiger partial charge in [-0.05, 0) is 18.2 Å². The molecule has 0 unspecified atom stereocenters. The third-order valence-electron chi connectivity index (χ3n) is 2.41. The van der Waals surface area contributed by atoms with Crippen LogP contribution in [0.2, 0.25) is 0 Å². The predicted octanol–water partition coefficient (Wildman–Crippen LogP) is -0.295. The molecule has 0 bridgehead atoms. The van der Waals surface area contributed by atoms with E-state index in [9.17, 15) is 16.8 Å². The van der Waals surface area contributed by atoms with Gasteiger partial charge in [0.25, 0.3) is 0 Å². The first-order chi connectivity index (χ1) is 8.80. The van der Waals surface area contributed by atoms with Crippen LogP contribution in [-0.2, 0) is 19.7 Å². The second kappa shape index (κ2) is 6.14. The molecule has 0 radical (unpaired) electrons. The average Bonchev–Trinajstić information content (AvgIpc) is 2.37. The highest BCUT2D eigenvalue weighted by Gasteiger charge is 2.19. The third kappa shape index (κ3) is 4.63. The number of benzene rings is 1. The van der Waals surface area contributed by atoms with Crippen molar-refractivity contribution in [1.82, 2.24) is 0 Å². The van der Waals surface area contributed by atoms with Crippen LogP contribution in [-0.4, -0.2) is 40.6 Å². The van der Waals surface area contributed by atoms with Crippen LogP contribution in [0.25, 0.3) is 0 Å². The van der Waals surface area contributed by atoms with Gasteiger partial charge in [0, 0.05) is 6.54 Å². The number of rotatable bonds is 6. The number of nitrogens with zero attached hydrogens (tertiary/aromatic N) is 1. The highest BCUT2D eigenvalue weighted by molar-refractivity contribution is 7.95. The lowest BCUT2D eigenvalue weighted by molar-refractivity contribution is 0.587. The van der Waals surface area contributed by atoms with E-state index in [1.807, 2.05) is 6.07 Å². The Labute approximate surface area is 112 Å². The summed E-state index contributed by atoms with van der Waals surface area (Å²) in [6.45, 7) is -0.0354. The lowest BCUT2D eigenvalue weighted by Gasteiger charge is -2.05. The van der Waals surface area contributed by atoms with Gasteiger partial charge in [0.15, 0.2) is 19.7 Å². The Kier molecular flexibility index (Phi) is 5.05. The van der Waals surface area contributed by atoms with Crippen molar-refractivity contribution in [3.05, 3.63) is 29.8 Å². The van der Waals surface area contributed by atoms with E-state index in [2.05, 4.69) is 0 Å². The zero-order valence-electron chi connectivity index (χ0n) is 10.1. The molecular weight excluding hydrogens is 288 g/mol. The zero-order chi connectivity index (χ0) is 14.5. The normalized spacial score (nSPS) is 12.0. The van der Waals surface area contributed by atoms with Crippen LogP contribution < -0.4 is 5.73 Å². The molecule has 19 heavy (non-hydrogen) atoms. The Morgan fingerprint density at radius 3 is 2.37 bits per heavy atom. The summed E-state index contributed by atoms with van der Waals surface area (Å²) < 4.78 is 46.8. The first kappa shape index (κ1) is 15.6. The van der Waals surface area contributed by atoms with Gasteiger partial charge < -0.3 is 5.73 Å². The van der Waals surface area contributed by atoms with Crippen molar-refractivity contribution in [1.29, 1.82) is 5.26 Å². The molecule has 0 aromatic heterocycles. The molecular formula is C11H14N2O4S2. The third-order valence-corrected chi connectivity index (χ3v) is 6.07. The molecule has 0 aliphatic carbocycles. The molecule has 0 saturated heterocycles. The smallest absolute Gasteiger partial charge is 0.179 e. The van der Waals surface area contributed by atoms with Crippen LogP contribution in [0.4, 0.5) is 0 Å². The number of hydrogen-bond donors (Lipinski definition) is 1. The summed E-state index contributed by atoms with van der Waals surface area (Å²) in [4.78, 5) is -0.0468. The van der Waals surface area contributed by atoms with E-state index in [0.29, 0.717) is 0 Å². The van der Waals surface area contributed by atoms with E-state index >= 15 is 0 Å². The van der Waals surface area contributed by atoms with E-state index in [1.165, 1.54) is 24.3 Å². The molecule has 1 aromatic carbocycles. The lowest BCUT2D eigenvalue weighted by atomic mass is 10.2. The van der Waals surface area contributed by atoms with Crippen molar-refractivity contribution < 1.29 is 16.8 Å². The molecule has 0 saturated carbocycles. The van der Waals surface area contributed by atoms with Crippen LogP contribution in [0.3, 0.4) is 0 Å². The topological polar surface area (TPSA) is 118 Å². The molecule has 0 fully saturated rings. The van der Waals surface area contributed by atoms with E-state index in [0.717, 1.165) is 0 Å². The summed E-state index contributed by atoms with van der Waals surface area (Å²) in [6, 6.07) is 7.32. The minimum Gasteiger partial charge on any atom is -0.329 e. The van der Waals surface area contributed by atoms with Crippen molar-refractivity contribution in [2.24, 2.45) is 5.73 Å². The van der Waals surface area contributed by atoms with Gasteiger partial charge in [-0.3, -0.25) is 0 Å². The Bertz CT molecular complexity index is 688. The largest absolute Gasteiger partial charge is 0.329 e. The maximum Gasteiger partial charge on any atom is 0.179 e. The van der Waals surface area contributed by atoms with Gasteiger partial charge in [0.1, 0.15) is 0 Å². The van der Waals surface area contributed by atoms with Crippen molar-refractivity contribution in [2.45, 2.75) is 4.90 Å². The summed E-state index contributed by atoms with van der Waals surface area (Å²) in [5.74, 6) is -1.21. The highest BCUT2D eigenvalue weighted by Crippen LogP contribution is 2.13.